The Hall–Kier alpha value is -0.900. The summed E-state index contributed by atoms with van der Waals surface area (Å²) < 4.78 is 10.3. The Morgan fingerprint density at radius 2 is 1.79 bits per heavy atom. The van der Waals surface area contributed by atoms with Crippen LogP contribution in [0.4, 0.5) is 0 Å². The normalized spacial score (nSPS) is 13.4. The molecule has 0 aliphatic heterocycles. The Balaban J connectivity index is 4.60. The number of carbonyl (C=O) groups is 2. The maximum Gasteiger partial charge on any atom is 0.305 e. The second-order valence-electron chi connectivity index (χ2n) is 5.77. The van der Waals surface area contributed by atoms with Crippen LogP contribution in [0.3, 0.4) is 0 Å². The fourth-order valence-corrected chi connectivity index (χ4v) is 2.02. The van der Waals surface area contributed by atoms with Crippen molar-refractivity contribution in [3.8, 4) is 0 Å². The van der Waals surface area contributed by atoms with Crippen LogP contribution in [0, 0.1) is 11.8 Å². The quantitative estimate of drug-likeness (QED) is 0.605. The van der Waals surface area contributed by atoms with Gasteiger partial charge in [0.05, 0.1) is 12.2 Å². The molecule has 1 unspecified atom stereocenters. The predicted molar refractivity (Wildman–Crippen MR) is 74.9 cm³/mol. The summed E-state index contributed by atoms with van der Waals surface area (Å²) in [7, 11) is 1.64. The van der Waals surface area contributed by atoms with Crippen LogP contribution in [-0.2, 0) is 19.1 Å². The van der Waals surface area contributed by atoms with Gasteiger partial charge >= 0.3 is 5.97 Å². The number of hydrogen-bond donors (Lipinski definition) is 0. The third-order valence-electron chi connectivity index (χ3n) is 3.26. The molecule has 0 saturated carbocycles. The summed E-state index contributed by atoms with van der Waals surface area (Å²) in [4.78, 5) is 23.6. The molecule has 19 heavy (non-hydrogen) atoms. The van der Waals surface area contributed by atoms with E-state index in [2.05, 4.69) is 0 Å². The molecule has 0 aliphatic carbocycles. The van der Waals surface area contributed by atoms with E-state index in [0.29, 0.717) is 19.4 Å². The molecule has 4 nitrogen and oxygen atoms in total. The van der Waals surface area contributed by atoms with E-state index < -0.39 is 0 Å². The van der Waals surface area contributed by atoms with Gasteiger partial charge in [0.2, 0.25) is 0 Å². The number of hydrogen-bond acceptors (Lipinski definition) is 4. The highest BCUT2D eigenvalue weighted by Gasteiger charge is 2.29. The molecule has 4 heteroatoms. The van der Waals surface area contributed by atoms with Crippen LogP contribution in [0.1, 0.15) is 53.9 Å². The number of methoxy groups -OCH3 is 1. The minimum Gasteiger partial charge on any atom is -0.466 e. The number of Topliss-reactive ketones (excluding diaryl/α,β-unsaturated/α-hetero) is 1. The molecule has 0 spiro atoms. The zero-order valence-electron chi connectivity index (χ0n) is 13.1. The summed E-state index contributed by atoms with van der Waals surface area (Å²) in [5, 5.41) is 0. The van der Waals surface area contributed by atoms with Gasteiger partial charge in [0.1, 0.15) is 5.78 Å². The maximum absolute atomic E-state index is 12.2. The number of ketones is 1. The van der Waals surface area contributed by atoms with Crippen molar-refractivity contribution in [3.05, 3.63) is 0 Å². The third kappa shape index (κ3) is 7.31. The number of esters is 1. The highest BCUT2D eigenvalue weighted by Crippen LogP contribution is 2.26. The summed E-state index contributed by atoms with van der Waals surface area (Å²) in [6, 6.07) is 0. The summed E-state index contributed by atoms with van der Waals surface area (Å²) >= 11 is 0. The Kier molecular flexibility index (Phi) is 7.91. The highest BCUT2D eigenvalue weighted by molar-refractivity contribution is 5.83. The fraction of sp³-hybridized carbons (Fsp3) is 0.867. The summed E-state index contributed by atoms with van der Waals surface area (Å²) in [5.41, 5.74) is -0.357. The largest absolute Gasteiger partial charge is 0.466 e. The summed E-state index contributed by atoms with van der Waals surface area (Å²) in [6.45, 7) is 9.85. The van der Waals surface area contributed by atoms with Crippen LogP contribution in [0.15, 0.2) is 0 Å². The fourth-order valence-electron chi connectivity index (χ4n) is 2.02. The van der Waals surface area contributed by atoms with Gasteiger partial charge in [-0.15, -0.1) is 0 Å². The van der Waals surface area contributed by atoms with Gasteiger partial charge in [-0.2, -0.15) is 0 Å². The third-order valence-corrected chi connectivity index (χ3v) is 3.26. The lowest BCUT2D eigenvalue weighted by atomic mass is 9.83. The molecule has 0 bridgehead atoms. The van der Waals surface area contributed by atoms with Crippen molar-refractivity contribution in [3.63, 3.8) is 0 Å². The average molecular weight is 272 g/mol. The average Bonchev–Trinajstić information content (AvgIpc) is 2.33. The van der Waals surface area contributed by atoms with Gasteiger partial charge in [-0.05, 0) is 33.6 Å². The zero-order chi connectivity index (χ0) is 15.1. The predicted octanol–water partition coefficient (Wildman–Crippen LogP) is 2.99. The van der Waals surface area contributed by atoms with E-state index >= 15 is 0 Å². The minimum atomic E-state index is -0.357. The molecule has 0 N–H and O–H groups in total. The van der Waals surface area contributed by atoms with Crippen molar-refractivity contribution in [2.24, 2.45) is 11.8 Å². The Labute approximate surface area is 116 Å². The molecule has 0 aromatic carbocycles. The molecule has 0 radical (unpaired) electrons. The van der Waals surface area contributed by atoms with Gasteiger partial charge < -0.3 is 9.47 Å². The van der Waals surface area contributed by atoms with Crippen LogP contribution in [0.25, 0.3) is 0 Å². The lowest BCUT2D eigenvalue weighted by molar-refractivity contribution is -0.143. The summed E-state index contributed by atoms with van der Waals surface area (Å²) in [5.74, 6) is -0.229. The van der Waals surface area contributed by atoms with Gasteiger partial charge in [-0.1, -0.05) is 13.8 Å². The van der Waals surface area contributed by atoms with E-state index in [1.807, 2.05) is 27.7 Å². The summed E-state index contributed by atoms with van der Waals surface area (Å²) in [6.07, 6.45) is 1.44. The van der Waals surface area contributed by atoms with Crippen molar-refractivity contribution in [1.29, 1.82) is 0 Å². The minimum absolute atomic E-state index is 0.0279. The van der Waals surface area contributed by atoms with E-state index in [4.69, 9.17) is 9.47 Å². The van der Waals surface area contributed by atoms with Crippen molar-refractivity contribution >= 4 is 11.8 Å². The topological polar surface area (TPSA) is 52.6 Å². The molecular weight excluding hydrogens is 244 g/mol. The van der Waals surface area contributed by atoms with Crippen LogP contribution < -0.4 is 0 Å². The van der Waals surface area contributed by atoms with Gasteiger partial charge in [0, 0.05) is 25.4 Å². The molecule has 0 heterocycles. The zero-order valence-corrected chi connectivity index (χ0v) is 13.1. The molecule has 0 rings (SSSR count). The lowest BCUT2D eigenvalue weighted by Crippen LogP contribution is -2.32. The van der Waals surface area contributed by atoms with Gasteiger partial charge in [0.25, 0.3) is 0 Å². The van der Waals surface area contributed by atoms with E-state index in [1.54, 1.807) is 14.0 Å². The van der Waals surface area contributed by atoms with Gasteiger partial charge in [0.15, 0.2) is 0 Å². The SMILES string of the molecule is CCOC(=O)CCC(CC(C)(C)OC)C(=O)C(C)C. The highest BCUT2D eigenvalue weighted by atomic mass is 16.5. The van der Waals surface area contributed by atoms with Crippen molar-refractivity contribution < 1.29 is 19.1 Å². The number of ether oxygens (including phenoxy) is 2. The molecule has 112 valence electrons. The molecular formula is C15H28O4. The first kappa shape index (κ1) is 18.1. The smallest absolute Gasteiger partial charge is 0.305 e. The van der Waals surface area contributed by atoms with Crippen LogP contribution >= 0.6 is 0 Å². The first-order valence-electron chi connectivity index (χ1n) is 6.98. The maximum atomic E-state index is 12.2. The van der Waals surface area contributed by atoms with E-state index in [-0.39, 0.29) is 35.6 Å². The Morgan fingerprint density at radius 3 is 2.21 bits per heavy atom. The Bertz CT molecular complexity index is 295. The molecule has 0 aromatic heterocycles. The number of carbonyl (C=O) groups excluding carboxylic acids is 2. The Morgan fingerprint density at radius 1 is 1.21 bits per heavy atom. The second kappa shape index (κ2) is 8.31. The van der Waals surface area contributed by atoms with E-state index in [1.165, 1.54) is 0 Å². The molecule has 0 fully saturated rings. The molecule has 1 atom stereocenters. The van der Waals surface area contributed by atoms with Crippen molar-refractivity contribution in [2.75, 3.05) is 13.7 Å². The van der Waals surface area contributed by atoms with E-state index in [0.717, 1.165) is 0 Å². The first-order chi connectivity index (χ1) is 8.73. The monoisotopic (exact) mass is 272 g/mol. The lowest BCUT2D eigenvalue weighted by Gasteiger charge is -2.28. The molecule has 0 saturated heterocycles. The molecule has 0 aromatic rings. The second-order valence-corrected chi connectivity index (χ2v) is 5.77. The van der Waals surface area contributed by atoms with Crippen molar-refractivity contribution in [2.45, 2.75) is 59.5 Å². The van der Waals surface area contributed by atoms with E-state index in [9.17, 15) is 9.59 Å². The first-order valence-corrected chi connectivity index (χ1v) is 6.98. The van der Waals surface area contributed by atoms with Crippen molar-refractivity contribution in [1.82, 2.24) is 0 Å². The van der Waals surface area contributed by atoms with Gasteiger partial charge in [-0.25, -0.2) is 0 Å². The van der Waals surface area contributed by atoms with Crippen LogP contribution in [0.5, 0.6) is 0 Å². The number of rotatable bonds is 9. The molecule has 0 aliphatic rings. The molecule has 0 amide bonds. The standard InChI is InChI=1S/C15H28O4/c1-7-19-13(16)9-8-12(14(17)11(2)3)10-15(4,5)18-6/h11-12H,7-10H2,1-6H3. The van der Waals surface area contributed by atoms with Crippen LogP contribution in [0.2, 0.25) is 0 Å². The van der Waals surface area contributed by atoms with Gasteiger partial charge in [-0.3, -0.25) is 9.59 Å². The van der Waals surface area contributed by atoms with Crippen LogP contribution in [-0.4, -0.2) is 31.1 Å².